The summed E-state index contributed by atoms with van der Waals surface area (Å²) in [5.41, 5.74) is 0.687. The van der Waals surface area contributed by atoms with E-state index in [0.717, 1.165) is 6.42 Å². The Bertz CT molecular complexity index is 1710. The van der Waals surface area contributed by atoms with Gasteiger partial charge < -0.3 is 20.6 Å². The fourth-order valence-corrected chi connectivity index (χ4v) is 6.92. The lowest BCUT2D eigenvalue weighted by molar-refractivity contribution is -0.139. The van der Waals surface area contributed by atoms with Crippen LogP contribution < -0.4 is 16.0 Å². The third-order valence-electron chi connectivity index (χ3n) is 8.41. The summed E-state index contributed by atoms with van der Waals surface area (Å²) < 4.78 is 29.8. The van der Waals surface area contributed by atoms with Gasteiger partial charge in [0.15, 0.2) is 0 Å². The lowest BCUT2D eigenvalue weighted by atomic mass is 10.0. The number of amidine groups is 1. The van der Waals surface area contributed by atoms with E-state index in [4.69, 9.17) is 10.5 Å². The predicted molar refractivity (Wildman–Crippen MR) is 153 cm³/mol. The lowest BCUT2D eigenvalue weighted by Crippen LogP contribution is -2.50. The Morgan fingerprint density at radius 3 is 2.53 bits per heavy atom. The number of halogens is 2. The number of piperidine rings is 1. The van der Waals surface area contributed by atoms with Gasteiger partial charge >= 0.3 is 6.09 Å². The smallest absolute Gasteiger partial charge is 0.410 e. The van der Waals surface area contributed by atoms with Gasteiger partial charge in [-0.25, -0.2) is 4.79 Å². The van der Waals surface area contributed by atoms with Crippen molar-refractivity contribution in [2.24, 2.45) is 5.41 Å². The van der Waals surface area contributed by atoms with Gasteiger partial charge in [0, 0.05) is 38.6 Å². The van der Waals surface area contributed by atoms with E-state index >= 15 is 0 Å². The van der Waals surface area contributed by atoms with Crippen LogP contribution in [0.4, 0.5) is 13.6 Å². The molecular weight excluding hydrogens is 580 g/mol. The molecule has 0 bridgehead atoms. The van der Waals surface area contributed by atoms with Crippen LogP contribution in [0.5, 0.6) is 0 Å². The molecule has 1 aromatic heterocycles. The van der Waals surface area contributed by atoms with Crippen molar-refractivity contribution in [2.75, 3.05) is 6.54 Å². The number of carbonyl (C=O) groups is 4. The molecule has 0 radical (unpaired) electrons. The molecule has 222 valence electrons. The van der Waals surface area contributed by atoms with Crippen LogP contribution in [-0.4, -0.2) is 58.3 Å². The third kappa shape index (κ3) is 5.03. The molecule has 1 saturated heterocycles. The number of carboxylic acid groups (broad SMARTS) is 1. The van der Waals surface area contributed by atoms with Gasteiger partial charge in [0.25, 0.3) is 11.8 Å². The number of alkyl halides is 2. The van der Waals surface area contributed by atoms with Crippen molar-refractivity contribution in [2.45, 2.75) is 44.3 Å². The van der Waals surface area contributed by atoms with E-state index in [-0.39, 0.29) is 58.5 Å². The Labute approximate surface area is 248 Å². The molecule has 1 saturated carbocycles. The Morgan fingerprint density at radius 2 is 1.77 bits per heavy atom. The average molecular weight is 608 g/mol. The molecule has 43 heavy (non-hydrogen) atoms. The molecule has 5 N–H and O–H groups in total. The third-order valence-corrected chi connectivity index (χ3v) is 9.35. The van der Waals surface area contributed by atoms with Crippen molar-refractivity contribution < 1.29 is 33.1 Å². The van der Waals surface area contributed by atoms with Crippen LogP contribution in [-0.2, 0) is 22.1 Å². The fraction of sp³-hybridized carbons (Fsp3) is 0.300. The summed E-state index contributed by atoms with van der Waals surface area (Å²) in [5, 5.41) is 25.6. The summed E-state index contributed by atoms with van der Waals surface area (Å²) in [6.07, 6.45) is -0.116. The van der Waals surface area contributed by atoms with E-state index in [1.165, 1.54) is 40.5 Å². The first-order valence-electron chi connectivity index (χ1n) is 13.5. The highest BCUT2D eigenvalue weighted by Gasteiger charge is 2.64. The van der Waals surface area contributed by atoms with E-state index in [1.54, 1.807) is 29.6 Å². The molecule has 13 heteroatoms. The number of carbonyl (C=O) groups excluding carboxylic acids is 3. The van der Waals surface area contributed by atoms with Gasteiger partial charge in [0.05, 0.1) is 13.1 Å². The molecule has 0 spiro atoms. The number of nitrogens with one attached hydrogen (secondary N) is 4. The van der Waals surface area contributed by atoms with Gasteiger partial charge in [-0.1, -0.05) is 37.3 Å². The van der Waals surface area contributed by atoms with Crippen LogP contribution in [0.15, 0.2) is 53.9 Å². The molecule has 3 aromatic rings. The van der Waals surface area contributed by atoms with E-state index in [9.17, 15) is 28.0 Å². The molecule has 6 rings (SSSR count). The van der Waals surface area contributed by atoms with Crippen LogP contribution >= 0.6 is 11.3 Å². The maximum atomic E-state index is 14.9. The van der Waals surface area contributed by atoms with Crippen LogP contribution in [0.1, 0.15) is 51.7 Å². The zero-order valence-corrected chi connectivity index (χ0v) is 23.7. The van der Waals surface area contributed by atoms with E-state index in [2.05, 4.69) is 10.6 Å². The predicted octanol–water partition coefficient (Wildman–Crippen LogP) is 3.89. The van der Waals surface area contributed by atoms with Crippen molar-refractivity contribution in [3.63, 3.8) is 0 Å². The number of benzene rings is 2. The molecule has 10 nitrogen and oxygen atoms in total. The number of hydrogen-bond donors (Lipinski definition) is 5. The molecule has 1 aliphatic heterocycles. The first kappa shape index (κ1) is 28.5. The first-order valence-corrected chi connectivity index (χ1v) is 14.4. The molecule has 3 aliphatic rings. The topological polar surface area (TPSA) is 152 Å². The molecule has 3 atom stereocenters. The summed E-state index contributed by atoms with van der Waals surface area (Å²) in [4.78, 5) is 52.5. The van der Waals surface area contributed by atoms with Gasteiger partial charge in [-0.3, -0.25) is 25.1 Å². The summed E-state index contributed by atoms with van der Waals surface area (Å²) in [6, 6.07) is 10.9. The number of likely N-dealkylation sites (tertiary alicyclic amines) is 1. The highest BCUT2D eigenvalue weighted by molar-refractivity contribution is 7.10. The maximum Gasteiger partial charge on any atom is 0.410 e. The second-order valence-electron chi connectivity index (χ2n) is 11.3. The van der Waals surface area contributed by atoms with Crippen molar-refractivity contribution >= 4 is 41.0 Å². The van der Waals surface area contributed by atoms with Crippen LogP contribution in [0.25, 0.3) is 11.1 Å². The van der Waals surface area contributed by atoms with Crippen molar-refractivity contribution in [3.05, 3.63) is 81.0 Å². The molecule has 2 aliphatic carbocycles. The maximum absolute atomic E-state index is 14.9. The van der Waals surface area contributed by atoms with Gasteiger partial charge in [-0.2, -0.15) is 8.78 Å². The van der Waals surface area contributed by atoms with Gasteiger partial charge in [0.1, 0.15) is 11.9 Å². The van der Waals surface area contributed by atoms with Gasteiger partial charge in [0.2, 0.25) is 11.8 Å². The zero-order valence-electron chi connectivity index (χ0n) is 22.9. The minimum Gasteiger partial charge on any atom is -0.465 e. The Kier molecular flexibility index (Phi) is 6.79. The summed E-state index contributed by atoms with van der Waals surface area (Å²) in [5.74, 6) is -4.78. The van der Waals surface area contributed by atoms with Crippen LogP contribution in [0.3, 0.4) is 0 Å². The number of rotatable bonds is 7. The van der Waals surface area contributed by atoms with Crippen LogP contribution in [0, 0.1) is 10.8 Å². The van der Waals surface area contributed by atoms with Gasteiger partial charge in [-0.15, -0.1) is 11.3 Å². The fourth-order valence-electron chi connectivity index (χ4n) is 6.10. The molecule has 2 heterocycles. The number of amides is 4. The highest BCUT2D eigenvalue weighted by Crippen LogP contribution is 2.59. The second kappa shape index (κ2) is 10.3. The number of hydrogen-bond acceptors (Lipinski definition) is 6. The zero-order chi connectivity index (χ0) is 30.7. The summed E-state index contributed by atoms with van der Waals surface area (Å²) in [6.45, 7) is 1.79. The van der Waals surface area contributed by atoms with E-state index in [0.29, 0.717) is 22.4 Å². The van der Waals surface area contributed by atoms with Crippen molar-refractivity contribution in [1.29, 1.82) is 5.41 Å². The molecular formula is C30H27F2N5O5S. The standard InChI is InChI=1S/C30H27F2N5O5S/c1-29-10-22(27(40)34-12-17-8-16(14-43-17)25(33)36-28(41)42)37(23(29)11-29)24(38)13-35-26(39)15-6-7-21-19(9-15)18-4-2-3-5-20(18)30(21,31)32/h2-9,14,22-23H,10-13H2,1H3,(H2,33,36)(H,34,40)(H,35,39)(H,41,42)/t22-,23-,29+/m0/s1. The van der Waals surface area contributed by atoms with Crippen LogP contribution in [0.2, 0.25) is 0 Å². The highest BCUT2D eigenvalue weighted by atomic mass is 32.1. The van der Waals surface area contributed by atoms with Crippen molar-refractivity contribution in [1.82, 2.24) is 20.9 Å². The SMILES string of the molecule is C[C@@]12C[C@@H]1N(C(=O)CNC(=O)c1ccc3c(c1)-c1ccccc1C3(F)F)[C@H](C(=O)NCc1cc(C(=N)NC(=O)O)cs1)C2. The lowest BCUT2D eigenvalue weighted by Gasteiger charge is -2.27. The average Bonchev–Trinajstić information content (AvgIpc) is 3.26. The number of fused-ring (bicyclic) bond motifs is 4. The Hall–Kier alpha value is -4.65. The first-order chi connectivity index (χ1) is 20.4. The van der Waals surface area contributed by atoms with Crippen molar-refractivity contribution in [3.8, 4) is 11.1 Å². The second-order valence-corrected chi connectivity index (χ2v) is 12.3. The Balaban J connectivity index is 1.09. The number of thiophene rings is 1. The molecule has 0 unspecified atom stereocenters. The molecule has 4 amide bonds. The van der Waals surface area contributed by atoms with E-state index in [1.807, 2.05) is 12.2 Å². The number of nitrogens with zero attached hydrogens (tertiary/aromatic N) is 1. The van der Waals surface area contributed by atoms with Gasteiger partial charge in [-0.05, 0) is 47.6 Å². The largest absolute Gasteiger partial charge is 0.465 e. The molecule has 2 fully saturated rings. The van der Waals surface area contributed by atoms with E-state index < -0.39 is 29.9 Å². The minimum absolute atomic E-state index is 0.113. The minimum atomic E-state index is -3.16. The summed E-state index contributed by atoms with van der Waals surface area (Å²) in [7, 11) is 0. The normalized spacial score (nSPS) is 22.2. The quantitative estimate of drug-likeness (QED) is 0.204. The Morgan fingerprint density at radius 1 is 1.02 bits per heavy atom. The molecule has 2 aromatic carbocycles. The monoisotopic (exact) mass is 607 g/mol. The summed E-state index contributed by atoms with van der Waals surface area (Å²) >= 11 is 1.26.